The van der Waals surface area contributed by atoms with Crippen molar-refractivity contribution < 1.29 is 36.3 Å². The van der Waals surface area contributed by atoms with E-state index in [1.807, 2.05) is 31.2 Å². The zero-order valence-corrected chi connectivity index (χ0v) is 21.0. The van der Waals surface area contributed by atoms with Gasteiger partial charge in [0.2, 0.25) is 5.91 Å². The molecule has 0 radical (unpaired) electrons. The Kier molecular flexibility index (Phi) is 8.25. The minimum Gasteiger partial charge on any atom is -0.475 e. The Balaban J connectivity index is 0.000000479. The SMILES string of the molecule is Cc1cccc2sc(S(=O)(=O)NC3CCN(Cc4cccc(C(=N)N)c4)C3=O)cc12.O=C(O)C(F)(F)F. The van der Waals surface area contributed by atoms with Gasteiger partial charge in [-0.1, -0.05) is 30.3 Å². The number of alkyl halides is 3. The number of sulfonamides is 1. The normalized spacial score (nSPS) is 15.9. The summed E-state index contributed by atoms with van der Waals surface area (Å²) in [5.74, 6) is -3.04. The molecule has 0 aliphatic carbocycles. The number of rotatable bonds is 6. The van der Waals surface area contributed by atoms with Crippen molar-refractivity contribution in [2.45, 2.75) is 36.3 Å². The largest absolute Gasteiger partial charge is 0.490 e. The number of hydrogen-bond acceptors (Lipinski definition) is 6. The van der Waals surface area contributed by atoms with E-state index >= 15 is 0 Å². The van der Waals surface area contributed by atoms with Crippen LogP contribution in [-0.2, 0) is 26.2 Å². The molecule has 1 saturated heterocycles. The van der Waals surface area contributed by atoms with Crippen LogP contribution in [0, 0.1) is 12.3 Å². The molecular weight excluding hydrogens is 533 g/mol. The first-order valence-corrected chi connectivity index (χ1v) is 13.0. The predicted molar refractivity (Wildman–Crippen MR) is 132 cm³/mol. The van der Waals surface area contributed by atoms with Crippen molar-refractivity contribution >= 4 is 49.2 Å². The summed E-state index contributed by atoms with van der Waals surface area (Å²) in [5, 5.41) is 15.6. The predicted octanol–water partition coefficient (Wildman–Crippen LogP) is 3.21. The van der Waals surface area contributed by atoms with Crippen molar-refractivity contribution in [2.75, 3.05) is 6.54 Å². The number of hydrogen-bond donors (Lipinski definition) is 4. The molecule has 1 fully saturated rings. The number of benzene rings is 2. The highest BCUT2D eigenvalue weighted by Crippen LogP contribution is 2.31. The smallest absolute Gasteiger partial charge is 0.475 e. The Hall–Kier alpha value is -3.49. The van der Waals surface area contributed by atoms with Crippen LogP contribution in [0.5, 0.6) is 0 Å². The summed E-state index contributed by atoms with van der Waals surface area (Å²) in [7, 11) is -3.79. The van der Waals surface area contributed by atoms with Crippen LogP contribution in [0.2, 0.25) is 0 Å². The molecule has 3 aromatic rings. The van der Waals surface area contributed by atoms with E-state index in [9.17, 15) is 26.4 Å². The van der Waals surface area contributed by atoms with E-state index in [0.717, 1.165) is 21.2 Å². The highest BCUT2D eigenvalue weighted by Gasteiger charge is 2.38. The van der Waals surface area contributed by atoms with Gasteiger partial charge in [-0.15, -0.1) is 11.3 Å². The first-order chi connectivity index (χ1) is 17.2. The second-order valence-corrected chi connectivity index (χ2v) is 11.2. The number of aryl methyl sites for hydroxylation is 1. The number of likely N-dealkylation sites (tertiary alicyclic amines) is 1. The summed E-state index contributed by atoms with van der Waals surface area (Å²) < 4.78 is 61.2. The van der Waals surface area contributed by atoms with Crippen molar-refractivity contribution in [2.24, 2.45) is 5.73 Å². The second kappa shape index (κ2) is 10.9. The number of nitrogens with one attached hydrogen (secondary N) is 2. The van der Waals surface area contributed by atoms with Crippen molar-refractivity contribution in [3.05, 3.63) is 65.2 Å². The molecule has 0 spiro atoms. The number of carbonyl (C=O) groups excluding carboxylic acids is 1. The van der Waals surface area contributed by atoms with Gasteiger partial charge in [0.1, 0.15) is 16.1 Å². The van der Waals surface area contributed by atoms with Crippen LogP contribution in [0.4, 0.5) is 13.2 Å². The third-order valence-electron chi connectivity index (χ3n) is 5.47. The van der Waals surface area contributed by atoms with E-state index < -0.39 is 28.2 Å². The van der Waals surface area contributed by atoms with E-state index in [2.05, 4.69) is 4.72 Å². The zero-order chi connectivity index (χ0) is 27.5. The Morgan fingerprint density at radius 1 is 1.24 bits per heavy atom. The lowest BCUT2D eigenvalue weighted by Gasteiger charge is -2.17. The van der Waals surface area contributed by atoms with Crippen LogP contribution in [0.25, 0.3) is 10.1 Å². The van der Waals surface area contributed by atoms with E-state index in [-0.39, 0.29) is 16.0 Å². The Morgan fingerprint density at radius 3 is 2.49 bits per heavy atom. The molecule has 1 amide bonds. The number of carboxylic acids is 1. The quantitative estimate of drug-likeness (QED) is 0.270. The first kappa shape index (κ1) is 28.1. The van der Waals surface area contributed by atoms with Gasteiger partial charge in [0.05, 0.1) is 0 Å². The maximum Gasteiger partial charge on any atom is 0.490 e. The number of amides is 1. The number of carbonyl (C=O) groups is 2. The Bertz CT molecular complexity index is 1450. The molecule has 1 aliphatic heterocycles. The van der Waals surface area contributed by atoms with Crippen LogP contribution < -0.4 is 10.5 Å². The lowest BCUT2D eigenvalue weighted by molar-refractivity contribution is -0.192. The van der Waals surface area contributed by atoms with Gasteiger partial charge in [-0.2, -0.15) is 17.9 Å². The molecule has 14 heteroatoms. The number of nitrogen functional groups attached to an aromatic ring is 1. The summed E-state index contributed by atoms with van der Waals surface area (Å²) in [5.41, 5.74) is 7.98. The van der Waals surface area contributed by atoms with Gasteiger partial charge < -0.3 is 15.7 Å². The Labute approximate surface area is 214 Å². The average Bonchev–Trinajstić information content (AvgIpc) is 3.40. The molecule has 2 heterocycles. The highest BCUT2D eigenvalue weighted by molar-refractivity contribution is 7.91. The van der Waals surface area contributed by atoms with Gasteiger partial charge >= 0.3 is 12.1 Å². The van der Waals surface area contributed by atoms with Crippen molar-refractivity contribution in [1.82, 2.24) is 9.62 Å². The minimum atomic E-state index is -5.08. The summed E-state index contributed by atoms with van der Waals surface area (Å²) in [4.78, 5) is 23.3. The molecule has 5 N–H and O–H groups in total. The molecule has 1 unspecified atom stereocenters. The van der Waals surface area contributed by atoms with Crippen LogP contribution in [0.15, 0.2) is 52.7 Å². The average molecular weight is 557 g/mol. The summed E-state index contributed by atoms with van der Waals surface area (Å²) in [6.45, 7) is 2.75. The van der Waals surface area contributed by atoms with Crippen molar-refractivity contribution in [1.29, 1.82) is 5.41 Å². The maximum atomic E-state index is 12.9. The van der Waals surface area contributed by atoms with E-state index in [1.54, 1.807) is 29.2 Å². The Morgan fingerprint density at radius 2 is 1.89 bits per heavy atom. The lowest BCUT2D eigenvalue weighted by atomic mass is 10.1. The number of halogens is 3. The molecule has 198 valence electrons. The van der Waals surface area contributed by atoms with Gasteiger partial charge in [-0.25, -0.2) is 13.2 Å². The van der Waals surface area contributed by atoms with Crippen LogP contribution in [0.3, 0.4) is 0 Å². The topological polar surface area (TPSA) is 154 Å². The third-order valence-corrected chi connectivity index (χ3v) is 8.52. The number of fused-ring (bicyclic) bond motifs is 1. The number of carboxylic acid groups (broad SMARTS) is 1. The molecule has 4 rings (SSSR count). The molecular formula is C23H23F3N4O5S2. The highest BCUT2D eigenvalue weighted by atomic mass is 32.2. The van der Waals surface area contributed by atoms with Crippen molar-refractivity contribution in [3.63, 3.8) is 0 Å². The number of amidine groups is 1. The van der Waals surface area contributed by atoms with E-state index in [1.165, 1.54) is 11.3 Å². The van der Waals surface area contributed by atoms with E-state index in [4.69, 9.17) is 21.0 Å². The fraction of sp³-hybridized carbons (Fsp3) is 0.261. The maximum absolute atomic E-state index is 12.9. The summed E-state index contributed by atoms with van der Waals surface area (Å²) >= 11 is 1.20. The molecule has 0 saturated carbocycles. The van der Waals surface area contributed by atoms with Gasteiger partial charge in [0.15, 0.2) is 0 Å². The van der Waals surface area contributed by atoms with Crippen LogP contribution in [0.1, 0.15) is 23.1 Å². The number of nitrogens with two attached hydrogens (primary N) is 1. The molecule has 9 nitrogen and oxygen atoms in total. The lowest BCUT2D eigenvalue weighted by Crippen LogP contribution is -2.41. The van der Waals surface area contributed by atoms with Gasteiger partial charge in [0, 0.05) is 23.4 Å². The minimum absolute atomic E-state index is 0.0335. The van der Waals surface area contributed by atoms with Crippen LogP contribution in [-0.4, -0.2) is 54.9 Å². The second-order valence-electron chi connectivity index (χ2n) is 8.19. The van der Waals surface area contributed by atoms with Gasteiger partial charge in [-0.3, -0.25) is 10.2 Å². The van der Waals surface area contributed by atoms with Crippen LogP contribution >= 0.6 is 11.3 Å². The van der Waals surface area contributed by atoms with Gasteiger partial charge in [-0.05, 0) is 48.1 Å². The third kappa shape index (κ3) is 6.84. The van der Waals surface area contributed by atoms with E-state index in [0.29, 0.717) is 25.1 Å². The standard InChI is InChI=1S/C21H22N4O3S2.C2HF3O2/c1-13-4-2-7-18-16(13)11-19(29-18)30(27,28)24-17-8-9-25(21(17)26)12-14-5-3-6-15(10-14)20(22)23;3-2(4,5)1(6)7/h2-7,10-11,17,24H,8-9,12H2,1H3,(H3,22,23);(H,6,7). The summed E-state index contributed by atoms with van der Waals surface area (Å²) in [6.07, 6.45) is -4.67. The molecule has 2 aromatic carbocycles. The summed E-state index contributed by atoms with van der Waals surface area (Å²) in [6, 6.07) is 13.8. The fourth-order valence-corrected chi connectivity index (χ4v) is 6.33. The van der Waals surface area contributed by atoms with Crippen molar-refractivity contribution in [3.8, 4) is 0 Å². The molecule has 1 aromatic heterocycles. The zero-order valence-electron chi connectivity index (χ0n) is 19.4. The molecule has 1 atom stereocenters. The fourth-order valence-electron chi connectivity index (χ4n) is 3.62. The first-order valence-electron chi connectivity index (χ1n) is 10.7. The number of thiophene rings is 1. The number of nitrogens with zero attached hydrogens (tertiary/aromatic N) is 1. The molecule has 0 bridgehead atoms. The molecule has 37 heavy (non-hydrogen) atoms. The number of aliphatic carboxylic acids is 1. The molecule has 1 aliphatic rings. The monoisotopic (exact) mass is 556 g/mol. The van der Waals surface area contributed by atoms with Gasteiger partial charge in [0.25, 0.3) is 10.0 Å².